The molecule has 0 fully saturated rings. The Bertz CT molecular complexity index is 862. The minimum Gasteiger partial charge on any atom is -0.494 e. The molecule has 3 aromatic rings. The van der Waals surface area contributed by atoms with Gasteiger partial charge in [0.25, 0.3) is 5.91 Å². The summed E-state index contributed by atoms with van der Waals surface area (Å²) in [4.78, 5) is 19.9. The van der Waals surface area contributed by atoms with Gasteiger partial charge in [-0.1, -0.05) is 12.1 Å². The monoisotopic (exact) mass is 376 g/mol. The highest BCUT2D eigenvalue weighted by atomic mass is 32.1. The van der Waals surface area contributed by atoms with E-state index >= 15 is 0 Å². The Morgan fingerprint density at radius 3 is 2.80 bits per heavy atom. The maximum absolute atomic E-state index is 13.9. The van der Waals surface area contributed by atoms with Crippen molar-refractivity contribution in [2.75, 3.05) is 13.7 Å². The first-order chi connectivity index (χ1) is 12.1. The number of aromatic nitrogens is 1. The van der Waals surface area contributed by atoms with E-state index in [1.165, 1.54) is 24.5 Å². The average molecular weight is 376 g/mol. The summed E-state index contributed by atoms with van der Waals surface area (Å²) < 4.78 is 18.8. The number of hydrogen-bond acceptors (Lipinski definition) is 5. The van der Waals surface area contributed by atoms with Gasteiger partial charge in [0.15, 0.2) is 11.6 Å². The number of carbonyl (C=O) groups is 1. The molecule has 0 saturated heterocycles. The molecule has 25 heavy (non-hydrogen) atoms. The molecular weight excluding hydrogens is 359 g/mol. The number of methoxy groups -OCH3 is 1. The van der Waals surface area contributed by atoms with Crippen molar-refractivity contribution >= 4 is 28.6 Å². The lowest BCUT2D eigenvalue weighted by Crippen LogP contribution is -2.30. The van der Waals surface area contributed by atoms with E-state index in [2.05, 4.69) is 4.98 Å². The van der Waals surface area contributed by atoms with Gasteiger partial charge in [-0.3, -0.25) is 4.79 Å². The van der Waals surface area contributed by atoms with Crippen molar-refractivity contribution in [3.8, 4) is 15.6 Å². The van der Waals surface area contributed by atoms with Crippen molar-refractivity contribution in [1.29, 1.82) is 0 Å². The lowest BCUT2D eigenvalue weighted by Gasteiger charge is -2.20. The van der Waals surface area contributed by atoms with Crippen molar-refractivity contribution in [2.45, 2.75) is 13.5 Å². The molecule has 0 aliphatic heterocycles. The molecule has 1 aromatic carbocycles. The van der Waals surface area contributed by atoms with Crippen LogP contribution < -0.4 is 4.74 Å². The predicted octanol–water partition coefficient (Wildman–Crippen LogP) is 4.68. The molecule has 2 aromatic heterocycles. The van der Waals surface area contributed by atoms with Gasteiger partial charge in [0, 0.05) is 18.5 Å². The third kappa shape index (κ3) is 3.88. The zero-order chi connectivity index (χ0) is 17.8. The van der Waals surface area contributed by atoms with E-state index in [0.29, 0.717) is 24.3 Å². The number of halogens is 1. The van der Waals surface area contributed by atoms with Crippen molar-refractivity contribution in [1.82, 2.24) is 9.88 Å². The maximum Gasteiger partial charge on any atom is 0.273 e. The smallest absolute Gasteiger partial charge is 0.273 e. The van der Waals surface area contributed by atoms with E-state index in [-0.39, 0.29) is 11.7 Å². The average Bonchev–Trinajstić information content (AvgIpc) is 3.30. The summed E-state index contributed by atoms with van der Waals surface area (Å²) in [6.45, 7) is 2.73. The first-order valence-corrected chi connectivity index (χ1v) is 9.49. The summed E-state index contributed by atoms with van der Waals surface area (Å²) in [7, 11) is 1.42. The minimum absolute atomic E-state index is 0.155. The van der Waals surface area contributed by atoms with E-state index in [0.717, 1.165) is 9.88 Å². The van der Waals surface area contributed by atoms with Gasteiger partial charge in [0.05, 0.1) is 12.0 Å². The van der Waals surface area contributed by atoms with E-state index in [1.807, 2.05) is 24.4 Å². The van der Waals surface area contributed by atoms with Gasteiger partial charge in [-0.05, 0) is 36.1 Å². The van der Waals surface area contributed by atoms with Gasteiger partial charge >= 0.3 is 0 Å². The van der Waals surface area contributed by atoms with Gasteiger partial charge in [-0.2, -0.15) is 0 Å². The van der Waals surface area contributed by atoms with Crippen LogP contribution in [0.15, 0.2) is 41.1 Å². The van der Waals surface area contributed by atoms with E-state index in [4.69, 9.17) is 4.74 Å². The van der Waals surface area contributed by atoms with Crippen molar-refractivity contribution in [2.24, 2.45) is 0 Å². The molecule has 130 valence electrons. The number of nitrogens with zero attached hydrogens (tertiary/aromatic N) is 2. The van der Waals surface area contributed by atoms with Crippen LogP contribution in [0.1, 0.15) is 23.0 Å². The second-order valence-corrected chi connectivity index (χ2v) is 7.11. The van der Waals surface area contributed by atoms with Crippen molar-refractivity contribution in [3.05, 3.63) is 58.2 Å². The number of thiophene rings is 1. The molecule has 1 amide bonds. The normalized spacial score (nSPS) is 10.7. The Kier molecular flexibility index (Phi) is 5.45. The molecule has 0 unspecified atom stereocenters. The lowest BCUT2D eigenvalue weighted by atomic mass is 10.2. The lowest BCUT2D eigenvalue weighted by molar-refractivity contribution is 0.0747. The summed E-state index contributed by atoms with van der Waals surface area (Å²) in [6, 6.07) is 8.67. The number of thiazole rings is 1. The first-order valence-electron chi connectivity index (χ1n) is 7.73. The first kappa shape index (κ1) is 17.6. The molecule has 2 heterocycles. The van der Waals surface area contributed by atoms with Crippen LogP contribution in [0.25, 0.3) is 9.88 Å². The number of ether oxygens (including phenoxy) is 1. The number of amides is 1. The summed E-state index contributed by atoms with van der Waals surface area (Å²) >= 11 is 3.04. The van der Waals surface area contributed by atoms with Crippen LogP contribution in [-0.4, -0.2) is 29.4 Å². The molecule has 0 radical (unpaired) electrons. The Balaban J connectivity index is 1.76. The minimum atomic E-state index is -0.433. The molecule has 0 bridgehead atoms. The molecule has 0 aliphatic carbocycles. The molecule has 3 rings (SSSR count). The van der Waals surface area contributed by atoms with Crippen LogP contribution in [0.3, 0.4) is 0 Å². The SMILES string of the molecule is CCN(Cc1ccc(OC)c(F)c1)C(=O)c1csc(-c2cccs2)n1. The summed E-state index contributed by atoms with van der Waals surface area (Å²) in [6.07, 6.45) is 0. The molecule has 0 atom stereocenters. The van der Waals surface area contributed by atoms with E-state index in [1.54, 1.807) is 33.7 Å². The zero-order valence-electron chi connectivity index (χ0n) is 13.9. The second-order valence-electron chi connectivity index (χ2n) is 5.30. The summed E-state index contributed by atoms with van der Waals surface area (Å²) in [5.41, 5.74) is 1.13. The number of hydrogen-bond donors (Lipinski definition) is 0. The third-order valence-corrected chi connectivity index (χ3v) is 5.60. The van der Waals surface area contributed by atoms with Crippen LogP contribution in [-0.2, 0) is 6.54 Å². The fourth-order valence-corrected chi connectivity index (χ4v) is 4.01. The largest absolute Gasteiger partial charge is 0.494 e. The Morgan fingerprint density at radius 1 is 1.32 bits per heavy atom. The fraction of sp³-hybridized carbons (Fsp3) is 0.222. The number of carbonyl (C=O) groups excluding carboxylic acids is 1. The molecule has 7 heteroatoms. The highest BCUT2D eigenvalue weighted by Crippen LogP contribution is 2.28. The Labute approximate surface area is 153 Å². The molecule has 0 N–H and O–H groups in total. The van der Waals surface area contributed by atoms with Crippen LogP contribution >= 0.6 is 22.7 Å². The Hall–Kier alpha value is -2.25. The third-order valence-electron chi connectivity index (χ3n) is 3.71. The molecule has 0 saturated carbocycles. The van der Waals surface area contributed by atoms with Crippen molar-refractivity contribution < 1.29 is 13.9 Å². The summed E-state index contributed by atoms with van der Waals surface area (Å²) in [5.74, 6) is -0.395. The standard InChI is InChI=1S/C18H17FN2O2S2/c1-3-21(10-12-6-7-15(23-2)13(19)9-12)18(22)14-11-25-17(20-14)16-5-4-8-24-16/h4-9,11H,3,10H2,1-2H3. The van der Waals surface area contributed by atoms with Gasteiger partial charge in [0.1, 0.15) is 10.7 Å². The van der Waals surface area contributed by atoms with Crippen LogP contribution in [0.2, 0.25) is 0 Å². The molecule has 0 spiro atoms. The van der Waals surface area contributed by atoms with Crippen LogP contribution in [0.4, 0.5) is 4.39 Å². The van der Waals surface area contributed by atoms with E-state index in [9.17, 15) is 9.18 Å². The maximum atomic E-state index is 13.9. The molecular formula is C18H17FN2O2S2. The highest BCUT2D eigenvalue weighted by molar-refractivity contribution is 7.20. The van der Waals surface area contributed by atoms with Crippen LogP contribution in [0, 0.1) is 5.82 Å². The second kappa shape index (κ2) is 7.76. The van der Waals surface area contributed by atoms with Gasteiger partial charge in [-0.25, -0.2) is 9.37 Å². The zero-order valence-corrected chi connectivity index (χ0v) is 15.5. The Morgan fingerprint density at radius 2 is 2.16 bits per heavy atom. The number of benzene rings is 1. The number of rotatable bonds is 6. The molecule has 0 aliphatic rings. The van der Waals surface area contributed by atoms with Gasteiger partial charge in [-0.15, -0.1) is 22.7 Å². The van der Waals surface area contributed by atoms with Crippen molar-refractivity contribution in [3.63, 3.8) is 0 Å². The predicted molar refractivity (Wildman–Crippen MR) is 98.8 cm³/mol. The fourth-order valence-electron chi connectivity index (χ4n) is 2.40. The highest BCUT2D eigenvalue weighted by Gasteiger charge is 2.19. The van der Waals surface area contributed by atoms with E-state index < -0.39 is 5.82 Å². The van der Waals surface area contributed by atoms with Gasteiger partial charge < -0.3 is 9.64 Å². The summed E-state index contributed by atoms with van der Waals surface area (Å²) in [5, 5.41) is 4.59. The quantitative estimate of drug-likeness (QED) is 0.627. The topological polar surface area (TPSA) is 42.4 Å². The van der Waals surface area contributed by atoms with Crippen LogP contribution in [0.5, 0.6) is 5.75 Å². The molecule has 4 nitrogen and oxygen atoms in total. The van der Waals surface area contributed by atoms with Gasteiger partial charge in [0.2, 0.25) is 0 Å².